The maximum absolute atomic E-state index is 12.9. The van der Waals surface area contributed by atoms with Gasteiger partial charge in [0, 0.05) is 6.04 Å². The van der Waals surface area contributed by atoms with Crippen molar-refractivity contribution in [1.29, 1.82) is 0 Å². The van der Waals surface area contributed by atoms with Crippen molar-refractivity contribution < 1.29 is 4.39 Å². The van der Waals surface area contributed by atoms with Crippen LogP contribution in [0.5, 0.6) is 0 Å². The topological polar surface area (TPSA) is 38.0 Å². The van der Waals surface area contributed by atoms with E-state index >= 15 is 0 Å². The molecule has 2 rings (SSSR count). The summed E-state index contributed by atoms with van der Waals surface area (Å²) in [5.74, 6) is 8.66. The predicted octanol–water partition coefficient (Wildman–Crippen LogP) is 2.86. The molecular weight excluding hydrogens is 235 g/mol. The lowest BCUT2D eigenvalue weighted by Crippen LogP contribution is -2.30. The molecule has 3 N–H and O–H groups in total. The third kappa shape index (κ3) is 3.69. The number of hydrogen-bond acceptors (Lipinski definition) is 3. The molecule has 1 aliphatic heterocycles. The van der Waals surface area contributed by atoms with Crippen molar-refractivity contribution >= 4 is 11.8 Å². The summed E-state index contributed by atoms with van der Waals surface area (Å²) in [5, 5.41) is 0. The first kappa shape index (κ1) is 12.9. The van der Waals surface area contributed by atoms with Crippen molar-refractivity contribution in [3.05, 3.63) is 35.6 Å². The molecular formula is C13H19FN2S. The largest absolute Gasteiger partial charge is 0.271 e. The maximum Gasteiger partial charge on any atom is 0.123 e. The molecule has 0 amide bonds. The number of halogens is 1. The number of hydrazine groups is 1. The van der Waals surface area contributed by atoms with Crippen LogP contribution in [0.15, 0.2) is 24.3 Å². The summed E-state index contributed by atoms with van der Waals surface area (Å²) >= 11 is 2.03. The number of benzene rings is 1. The fourth-order valence-corrected chi connectivity index (χ4v) is 3.51. The highest BCUT2D eigenvalue weighted by atomic mass is 32.2. The van der Waals surface area contributed by atoms with Crippen LogP contribution in [-0.2, 0) is 0 Å². The molecule has 94 valence electrons. The first-order valence-electron chi connectivity index (χ1n) is 6.09. The molecule has 17 heavy (non-hydrogen) atoms. The Morgan fingerprint density at radius 3 is 2.53 bits per heavy atom. The zero-order valence-electron chi connectivity index (χ0n) is 9.86. The summed E-state index contributed by atoms with van der Waals surface area (Å²) in [5.41, 5.74) is 3.93. The summed E-state index contributed by atoms with van der Waals surface area (Å²) in [6.45, 7) is 0. The zero-order chi connectivity index (χ0) is 12.1. The number of thioether (sulfide) groups is 1. The van der Waals surface area contributed by atoms with Crippen molar-refractivity contribution in [1.82, 2.24) is 5.43 Å². The highest BCUT2D eigenvalue weighted by molar-refractivity contribution is 7.99. The molecule has 1 aliphatic rings. The molecule has 1 saturated heterocycles. The third-order valence-corrected chi connectivity index (χ3v) is 4.43. The Balaban J connectivity index is 1.97. The van der Waals surface area contributed by atoms with Gasteiger partial charge in [-0.3, -0.25) is 11.3 Å². The minimum Gasteiger partial charge on any atom is -0.271 e. The minimum absolute atomic E-state index is 0.142. The molecule has 1 heterocycles. The summed E-state index contributed by atoms with van der Waals surface area (Å²) < 4.78 is 12.9. The van der Waals surface area contributed by atoms with E-state index in [1.54, 1.807) is 0 Å². The van der Waals surface area contributed by atoms with Gasteiger partial charge in [-0.1, -0.05) is 12.1 Å². The van der Waals surface area contributed by atoms with E-state index in [4.69, 9.17) is 5.84 Å². The van der Waals surface area contributed by atoms with Gasteiger partial charge in [-0.2, -0.15) is 11.8 Å². The molecule has 0 spiro atoms. The van der Waals surface area contributed by atoms with Gasteiger partial charge in [0.2, 0.25) is 0 Å². The van der Waals surface area contributed by atoms with Crippen LogP contribution >= 0.6 is 11.8 Å². The molecule has 4 heteroatoms. The minimum atomic E-state index is -0.196. The monoisotopic (exact) mass is 254 g/mol. The molecule has 0 saturated carbocycles. The van der Waals surface area contributed by atoms with Crippen LogP contribution in [0.1, 0.15) is 30.9 Å². The Hall–Kier alpha value is -0.580. The van der Waals surface area contributed by atoms with E-state index in [9.17, 15) is 4.39 Å². The highest BCUT2D eigenvalue weighted by Gasteiger charge is 2.19. The summed E-state index contributed by atoms with van der Waals surface area (Å²) in [7, 11) is 0. The molecule has 1 aromatic carbocycles. The Bertz CT molecular complexity index is 336. The Morgan fingerprint density at radius 1 is 1.29 bits per heavy atom. The SMILES string of the molecule is NNC(CC1CCSCC1)c1ccc(F)cc1. The number of hydrogen-bond donors (Lipinski definition) is 2. The lowest BCUT2D eigenvalue weighted by atomic mass is 9.91. The lowest BCUT2D eigenvalue weighted by Gasteiger charge is -2.26. The maximum atomic E-state index is 12.9. The van der Waals surface area contributed by atoms with E-state index in [0.717, 1.165) is 17.9 Å². The van der Waals surface area contributed by atoms with Gasteiger partial charge in [0.25, 0.3) is 0 Å². The highest BCUT2D eigenvalue weighted by Crippen LogP contribution is 2.30. The third-order valence-electron chi connectivity index (χ3n) is 3.38. The van der Waals surface area contributed by atoms with Crippen LogP contribution in [-0.4, -0.2) is 11.5 Å². The first-order valence-corrected chi connectivity index (χ1v) is 7.24. The van der Waals surface area contributed by atoms with Gasteiger partial charge in [0.15, 0.2) is 0 Å². The molecule has 0 bridgehead atoms. The molecule has 1 fully saturated rings. The van der Waals surface area contributed by atoms with Crippen LogP contribution < -0.4 is 11.3 Å². The zero-order valence-corrected chi connectivity index (χ0v) is 10.7. The van der Waals surface area contributed by atoms with E-state index < -0.39 is 0 Å². The van der Waals surface area contributed by atoms with Crippen molar-refractivity contribution in [2.75, 3.05) is 11.5 Å². The fourth-order valence-electron chi connectivity index (χ4n) is 2.31. The average Bonchev–Trinajstić information content (AvgIpc) is 2.38. The van der Waals surface area contributed by atoms with Crippen molar-refractivity contribution in [2.24, 2.45) is 11.8 Å². The van der Waals surface area contributed by atoms with Crippen LogP contribution in [0.25, 0.3) is 0 Å². The normalized spacial score (nSPS) is 19.2. The number of rotatable bonds is 4. The second-order valence-corrected chi connectivity index (χ2v) is 5.79. The van der Waals surface area contributed by atoms with Gasteiger partial charge in [-0.25, -0.2) is 4.39 Å². The second-order valence-electron chi connectivity index (χ2n) is 4.56. The van der Waals surface area contributed by atoms with Crippen molar-refractivity contribution in [2.45, 2.75) is 25.3 Å². The smallest absolute Gasteiger partial charge is 0.123 e. The van der Waals surface area contributed by atoms with E-state index in [2.05, 4.69) is 5.43 Å². The molecule has 1 aromatic rings. The second kappa shape index (κ2) is 6.38. The van der Waals surface area contributed by atoms with E-state index in [1.807, 2.05) is 23.9 Å². The molecule has 1 atom stereocenters. The number of nitrogens with two attached hydrogens (primary N) is 1. The fraction of sp³-hybridized carbons (Fsp3) is 0.538. The summed E-state index contributed by atoms with van der Waals surface area (Å²) in [4.78, 5) is 0. The molecule has 2 nitrogen and oxygen atoms in total. The lowest BCUT2D eigenvalue weighted by molar-refractivity contribution is 0.373. The first-order chi connectivity index (χ1) is 8.29. The molecule has 0 radical (unpaired) electrons. The van der Waals surface area contributed by atoms with Gasteiger partial charge < -0.3 is 0 Å². The van der Waals surface area contributed by atoms with Gasteiger partial charge in [0.05, 0.1) is 0 Å². The van der Waals surface area contributed by atoms with Crippen LogP contribution in [0.3, 0.4) is 0 Å². The van der Waals surface area contributed by atoms with E-state index in [-0.39, 0.29) is 11.9 Å². The summed E-state index contributed by atoms with van der Waals surface area (Å²) in [6.07, 6.45) is 3.58. The average molecular weight is 254 g/mol. The van der Waals surface area contributed by atoms with Crippen LogP contribution in [0.2, 0.25) is 0 Å². The number of nitrogens with one attached hydrogen (secondary N) is 1. The van der Waals surface area contributed by atoms with E-state index in [1.165, 1.54) is 36.5 Å². The Labute approximate surface area is 106 Å². The standard InChI is InChI=1S/C13H19FN2S/c14-12-3-1-11(2-4-12)13(16-15)9-10-5-7-17-8-6-10/h1-4,10,13,16H,5-9,15H2. The van der Waals surface area contributed by atoms with Crippen LogP contribution in [0.4, 0.5) is 4.39 Å². The van der Waals surface area contributed by atoms with Crippen molar-refractivity contribution in [3.63, 3.8) is 0 Å². The molecule has 1 unspecified atom stereocenters. The van der Waals surface area contributed by atoms with Gasteiger partial charge in [-0.15, -0.1) is 0 Å². The van der Waals surface area contributed by atoms with E-state index in [0.29, 0.717) is 0 Å². The Kier molecular flexibility index (Phi) is 4.83. The predicted molar refractivity (Wildman–Crippen MR) is 71.1 cm³/mol. The molecule has 0 aromatic heterocycles. The van der Waals surface area contributed by atoms with Gasteiger partial charge >= 0.3 is 0 Å². The van der Waals surface area contributed by atoms with Gasteiger partial charge in [-0.05, 0) is 54.4 Å². The van der Waals surface area contributed by atoms with Crippen molar-refractivity contribution in [3.8, 4) is 0 Å². The Morgan fingerprint density at radius 2 is 1.94 bits per heavy atom. The van der Waals surface area contributed by atoms with Crippen LogP contribution in [0, 0.1) is 11.7 Å². The summed E-state index contributed by atoms with van der Waals surface area (Å²) in [6, 6.07) is 6.77. The quantitative estimate of drug-likeness (QED) is 0.641. The molecule has 0 aliphatic carbocycles. The van der Waals surface area contributed by atoms with Gasteiger partial charge in [0.1, 0.15) is 5.82 Å².